The van der Waals surface area contributed by atoms with Gasteiger partial charge < -0.3 is 29.0 Å². The molecule has 1 N–H and O–H groups in total. The Bertz CT molecular complexity index is 1360. The molecule has 0 radical (unpaired) electrons. The molecule has 1 aliphatic heterocycles. The van der Waals surface area contributed by atoms with E-state index in [9.17, 15) is 13.2 Å². The lowest BCUT2D eigenvalue weighted by atomic mass is 10.2. The number of hydrogen-bond donors (Lipinski definition) is 1. The normalized spacial score (nSPS) is 14.3. The molecule has 4 rings (SSSR count). The Morgan fingerprint density at radius 3 is 2.39 bits per heavy atom. The minimum absolute atomic E-state index is 0.0579. The van der Waals surface area contributed by atoms with Gasteiger partial charge in [-0.3, -0.25) is 9.10 Å². The van der Waals surface area contributed by atoms with Gasteiger partial charge in [0, 0.05) is 6.07 Å². The summed E-state index contributed by atoms with van der Waals surface area (Å²) in [6, 6.07) is 18.0. The van der Waals surface area contributed by atoms with Crippen molar-refractivity contribution >= 4 is 21.6 Å². The Morgan fingerprint density at radius 1 is 1.00 bits per heavy atom. The van der Waals surface area contributed by atoms with Crippen molar-refractivity contribution in [2.75, 3.05) is 44.8 Å². The first kappa shape index (κ1) is 26.9. The Labute approximate surface area is 222 Å². The fourth-order valence-corrected chi connectivity index (χ4v) is 5.31. The smallest absolute Gasteiger partial charge is 0.264 e. The van der Waals surface area contributed by atoms with E-state index in [4.69, 9.17) is 23.7 Å². The third kappa shape index (κ3) is 6.05. The third-order valence-electron chi connectivity index (χ3n) is 5.76. The van der Waals surface area contributed by atoms with E-state index in [1.54, 1.807) is 36.4 Å². The Morgan fingerprint density at radius 2 is 1.71 bits per heavy atom. The summed E-state index contributed by atoms with van der Waals surface area (Å²) < 4.78 is 56.1. The molecule has 0 spiro atoms. The van der Waals surface area contributed by atoms with Crippen molar-refractivity contribution in [1.29, 1.82) is 0 Å². The first-order chi connectivity index (χ1) is 18.3. The first-order valence-corrected chi connectivity index (χ1v) is 13.4. The molecule has 0 aliphatic carbocycles. The highest BCUT2D eigenvalue weighted by Crippen LogP contribution is 2.33. The van der Waals surface area contributed by atoms with Crippen LogP contribution in [0.1, 0.15) is 6.92 Å². The minimum Gasteiger partial charge on any atom is -0.494 e. The van der Waals surface area contributed by atoms with Crippen LogP contribution < -0.4 is 33.3 Å². The van der Waals surface area contributed by atoms with Crippen LogP contribution in [0, 0.1) is 0 Å². The summed E-state index contributed by atoms with van der Waals surface area (Å²) in [5.41, 5.74) is 0.296. The van der Waals surface area contributed by atoms with Crippen LogP contribution in [0.4, 0.5) is 5.69 Å². The number of fused-ring (bicyclic) bond motifs is 1. The lowest BCUT2D eigenvalue weighted by molar-refractivity contribution is -0.120. The van der Waals surface area contributed by atoms with Gasteiger partial charge in [-0.1, -0.05) is 12.1 Å². The second-order valence-corrected chi connectivity index (χ2v) is 10.1. The van der Waals surface area contributed by atoms with Crippen molar-refractivity contribution in [3.8, 4) is 28.7 Å². The van der Waals surface area contributed by atoms with Gasteiger partial charge in [0.25, 0.3) is 10.0 Å². The Hall–Kier alpha value is -4.12. The van der Waals surface area contributed by atoms with Crippen LogP contribution in [0.2, 0.25) is 0 Å². The molecular weight excluding hydrogens is 512 g/mol. The molecule has 0 fully saturated rings. The summed E-state index contributed by atoms with van der Waals surface area (Å²) in [6.45, 7) is 2.25. The van der Waals surface area contributed by atoms with Crippen LogP contribution in [-0.4, -0.2) is 61.0 Å². The monoisotopic (exact) mass is 542 g/mol. The molecular formula is C27H30N2O8S. The number of amides is 1. The Balaban J connectivity index is 1.55. The van der Waals surface area contributed by atoms with Crippen LogP contribution >= 0.6 is 0 Å². The van der Waals surface area contributed by atoms with E-state index in [1.165, 1.54) is 32.4 Å². The lowest BCUT2D eigenvalue weighted by Crippen LogP contribution is -2.45. The van der Waals surface area contributed by atoms with E-state index in [0.717, 1.165) is 4.31 Å². The number of benzene rings is 3. The van der Waals surface area contributed by atoms with E-state index in [2.05, 4.69) is 5.32 Å². The topological polar surface area (TPSA) is 113 Å². The predicted molar refractivity (Wildman–Crippen MR) is 141 cm³/mol. The molecule has 0 aromatic heterocycles. The minimum atomic E-state index is -4.17. The summed E-state index contributed by atoms with van der Waals surface area (Å²) in [7, 11) is -1.30. The number of nitrogens with zero attached hydrogens (tertiary/aromatic N) is 1. The molecule has 0 unspecified atom stereocenters. The van der Waals surface area contributed by atoms with E-state index in [1.807, 2.05) is 19.1 Å². The van der Waals surface area contributed by atoms with Crippen LogP contribution in [0.3, 0.4) is 0 Å². The molecule has 1 atom stereocenters. The maximum Gasteiger partial charge on any atom is 0.264 e. The van der Waals surface area contributed by atoms with Crippen molar-refractivity contribution in [1.82, 2.24) is 5.32 Å². The number of rotatable bonds is 11. The van der Waals surface area contributed by atoms with Gasteiger partial charge >= 0.3 is 0 Å². The number of anilines is 1. The number of methoxy groups -OCH3 is 2. The van der Waals surface area contributed by atoms with Crippen molar-refractivity contribution in [3.05, 3.63) is 66.7 Å². The van der Waals surface area contributed by atoms with Crippen LogP contribution in [0.5, 0.6) is 28.7 Å². The van der Waals surface area contributed by atoms with Gasteiger partial charge in [0.1, 0.15) is 25.0 Å². The number of para-hydroxylation sites is 2. The van der Waals surface area contributed by atoms with Crippen molar-refractivity contribution in [2.24, 2.45) is 0 Å². The number of hydrogen-bond acceptors (Lipinski definition) is 8. The summed E-state index contributed by atoms with van der Waals surface area (Å²) in [5.74, 6) is 1.93. The van der Waals surface area contributed by atoms with E-state index >= 15 is 0 Å². The largest absolute Gasteiger partial charge is 0.494 e. The van der Waals surface area contributed by atoms with E-state index < -0.39 is 28.6 Å². The third-order valence-corrected chi connectivity index (χ3v) is 7.53. The van der Waals surface area contributed by atoms with E-state index in [0.29, 0.717) is 35.3 Å². The molecule has 3 aromatic carbocycles. The van der Waals surface area contributed by atoms with Crippen molar-refractivity contribution in [3.63, 3.8) is 0 Å². The molecule has 1 aliphatic rings. The number of sulfonamides is 1. The Kier molecular flexibility index (Phi) is 8.47. The van der Waals surface area contributed by atoms with Crippen molar-refractivity contribution in [2.45, 2.75) is 17.9 Å². The van der Waals surface area contributed by atoms with Crippen LogP contribution in [0.15, 0.2) is 71.6 Å². The fourth-order valence-electron chi connectivity index (χ4n) is 3.87. The molecule has 10 nitrogen and oxygen atoms in total. The number of nitrogens with one attached hydrogen (secondary N) is 1. The first-order valence-electron chi connectivity index (χ1n) is 12.0. The van der Waals surface area contributed by atoms with Gasteiger partial charge in [-0.25, -0.2) is 8.42 Å². The average Bonchev–Trinajstić information content (AvgIpc) is 2.94. The van der Waals surface area contributed by atoms with Crippen LogP contribution in [-0.2, 0) is 14.8 Å². The molecule has 0 bridgehead atoms. The predicted octanol–water partition coefficient (Wildman–Crippen LogP) is 3.25. The SMILES string of the molecule is CCOc1ccc(N(CC(=O)NC[C@H]2COc3ccccc3O2)S(=O)(=O)c2ccc(OC)c(OC)c2)cc1. The number of carbonyl (C=O) groups excluding carboxylic acids is 1. The number of carbonyl (C=O) groups is 1. The molecule has 11 heteroatoms. The molecule has 38 heavy (non-hydrogen) atoms. The second kappa shape index (κ2) is 12.0. The van der Waals surface area contributed by atoms with Gasteiger partial charge in [-0.15, -0.1) is 0 Å². The zero-order chi connectivity index (χ0) is 27.1. The van der Waals surface area contributed by atoms with Gasteiger partial charge in [-0.05, 0) is 55.5 Å². The van der Waals surface area contributed by atoms with Gasteiger partial charge in [0.05, 0.1) is 38.0 Å². The van der Waals surface area contributed by atoms with Crippen molar-refractivity contribution < 1.29 is 36.9 Å². The molecule has 0 saturated carbocycles. The molecule has 202 valence electrons. The maximum absolute atomic E-state index is 13.8. The maximum atomic E-state index is 13.8. The molecule has 1 amide bonds. The summed E-state index contributed by atoms with van der Waals surface area (Å²) in [5, 5.41) is 2.76. The highest BCUT2D eigenvalue weighted by molar-refractivity contribution is 7.92. The number of ether oxygens (including phenoxy) is 5. The van der Waals surface area contributed by atoms with Crippen LogP contribution in [0.25, 0.3) is 0 Å². The zero-order valence-corrected chi connectivity index (χ0v) is 22.2. The highest BCUT2D eigenvalue weighted by atomic mass is 32.2. The lowest BCUT2D eigenvalue weighted by Gasteiger charge is -2.27. The molecule has 1 heterocycles. The van der Waals surface area contributed by atoms with Gasteiger partial charge in [0.15, 0.2) is 23.0 Å². The summed E-state index contributed by atoms with van der Waals surface area (Å²) in [6.07, 6.45) is -0.421. The molecule has 0 saturated heterocycles. The van der Waals surface area contributed by atoms with E-state index in [-0.39, 0.29) is 23.8 Å². The van der Waals surface area contributed by atoms with Gasteiger partial charge in [-0.2, -0.15) is 0 Å². The average molecular weight is 543 g/mol. The fraction of sp³-hybridized carbons (Fsp3) is 0.296. The second-order valence-electron chi connectivity index (χ2n) is 8.26. The highest BCUT2D eigenvalue weighted by Gasteiger charge is 2.29. The van der Waals surface area contributed by atoms with Gasteiger partial charge in [0.2, 0.25) is 5.91 Å². The quantitative estimate of drug-likeness (QED) is 0.393. The molecule has 3 aromatic rings. The zero-order valence-electron chi connectivity index (χ0n) is 21.4. The summed E-state index contributed by atoms with van der Waals surface area (Å²) in [4.78, 5) is 12.9. The summed E-state index contributed by atoms with van der Waals surface area (Å²) >= 11 is 0. The standard InChI is InChI=1S/C27H30N2O8S/c1-4-35-20-11-9-19(10-12-20)29(38(31,32)22-13-14-23(33-2)26(15-22)34-3)17-27(30)28-16-21-18-36-24-7-5-6-8-25(24)37-21/h5-15,21H,4,16-18H2,1-3H3,(H,28,30)/t21-/m0/s1.